The van der Waals surface area contributed by atoms with Gasteiger partial charge in [-0.1, -0.05) is 12.2 Å². The van der Waals surface area contributed by atoms with Crippen LogP contribution in [0, 0.1) is 0 Å². The highest BCUT2D eigenvalue weighted by molar-refractivity contribution is 7.80. The van der Waals surface area contributed by atoms with Crippen LogP contribution in [0.15, 0.2) is 23.1 Å². The van der Waals surface area contributed by atoms with E-state index in [0.717, 1.165) is 19.6 Å². The van der Waals surface area contributed by atoms with Crippen LogP contribution in [0.5, 0.6) is 5.75 Å². The molecule has 5 nitrogen and oxygen atoms in total. The minimum absolute atomic E-state index is 0.120. The summed E-state index contributed by atoms with van der Waals surface area (Å²) in [4.78, 5) is 14.9. The first kappa shape index (κ1) is 15.0. The van der Waals surface area contributed by atoms with Crippen molar-refractivity contribution in [3.8, 4) is 5.75 Å². The summed E-state index contributed by atoms with van der Waals surface area (Å²) in [5.74, 6) is 0.398. The number of likely N-dealkylation sites (tertiary alicyclic amines) is 1. The van der Waals surface area contributed by atoms with Gasteiger partial charge in [-0.05, 0) is 38.1 Å². The van der Waals surface area contributed by atoms with Gasteiger partial charge in [-0.15, -0.1) is 0 Å². The molecule has 0 spiro atoms. The van der Waals surface area contributed by atoms with Crippen molar-refractivity contribution < 1.29 is 4.74 Å². The van der Waals surface area contributed by atoms with Crippen LogP contribution in [0.1, 0.15) is 19.3 Å². The second-order valence-electron chi connectivity index (χ2n) is 4.98. The van der Waals surface area contributed by atoms with E-state index in [4.69, 9.17) is 22.7 Å². The largest absolute Gasteiger partial charge is 0.487 e. The number of nitrogens with zero attached hydrogens (tertiary/aromatic N) is 2. The van der Waals surface area contributed by atoms with Crippen molar-refractivity contribution in [2.75, 3.05) is 26.2 Å². The van der Waals surface area contributed by atoms with Gasteiger partial charge >= 0.3 is 0 Å². The molecule has 1 aliphatic heterocycles. The lowest BCUT2D eigenvalue weighted by molar-refractivity contribution is 0.234. The summed E-state index contributed by atoms with van der Waals surface area (Å²) in [5.41, 5.74) is 5.34. The van der Waals surface area contributed by atoms with Crippen LogP contribution < -0.4 is 16.0 Å². The maximum Gasteiger partial charge on any atom is 0.292 e. The summed E-state index contributed by atoms with van der Waals surface area (Å²) < 4.78 is 7.19. The van der Waals surface area contributed by atoms with Gasteiger partial charge in [0.25, 0.3) is 5.56 Å². The maximum atomic E-state index is 12.1. The zero-order valence-electron chi connectivity index (χ0n) is 11.6. The molecule has 0 aliphatic carbocycles. The van der Waals surface area contributed by atoms with Crippen LogP contribution in [-0.4, -0.2) is 40.7 Å². The molecule has 0 saturated carbocycles. The number of aromatic nitrogens is 1. The van der Waals surface area contributed by atoms with Crippen molar-refractivity contribution in [1.82, 2.24) is 9.47 Å². The second kappa shape index (κ2) is 7.40. The number of thiocarbonyl (C=S) groups is 1. The third kappa shape index (κ3) is 4.31. The van der Waals surface area contributed by atoms with Gasteiger partial charge in [0.2, 0.25) is 0 Å². The summed E-state index contributed by atoms with van der Waals surface area (Å²) in [5, 5.41) is 0. The van der Waals surface area contributed by atoms with Gasteiger partial charge in [0, 0.05) is 25.7 Å². The average Bonchev–Trinajstić information content (AvgIpc) is 2.92. The minimum atomic E-state index is -0.120. The molecule has 2 N–H and O–H groups in total. The second-order valence-corrected chi connectivity index (χ2v) is 5.51. The predicted octanol–water partition coefficient (Wildman–Crippen LogP) is 0.999. The SMILES string of the molecule is NC(=S)CCn1cccc(OCCN2CCCC2)c1=O. The van der Waals surface area contributed by atoms with Gasteiger partial charge in [0.1, 0.15) is 6.61 Å². The Morgan fingerprint density at radius 1 is 1.35 bits per heavy atom. The first-order chi connectivity index (χ1) is 9.66. The topological polar surface area (TPSA) is 60.5 Å². The molecular weight excluding hydrogens is 274 g/mol. The van der Waals surface area contributed by atoms with Gasteiger partial charge in [-0.25, -0.2) is 0 Å². The van der Waals surface area contributed by atoms with Gasteiger partial charge < -0.3 is 15.0 Å². The Balaban J connectivity index is 1.88. The number of nitrogens with two attached hydrogens (primary N) is 1. The summed E-state index contributed by atoms with van der Waals surface area (Å²) in [6, 6.07) is 3.52. The van der Waals surface area contributed by atoms with Gasteiger partial charge in [0.15, 0.2) is 5.75 Å². The predicted molar refractivity (Wildman–Crippen MR) is 83.3 cm³/mol. The third-order valence-electron chi connectivity index (χ3n) is 3.45. The van der Waals surface area contributed by atoms with Crippen LogP contribution in [0.3, 0.4) is 0 Å². The lowest BCUT2D eigenvalue weighted by atomic mass is 10.4. The number of pyridine rings is 1. The smallest absolute Gasteiger partial charge is 0.292 e. The summed E-state index contributed by atoms with van der Waals surface area (Å²) in [6.45, 7) is 4.19. The van der Waals surface area contributed by atoms with E-state index >= 15 is 0 Å². The summed E-state index contributed by atoms with van der Waals surface area (Å²) in [6.07, 6.45) is 4.77. The molecule has 0 bridgehead atoms. The summed E-state index contributed by atoms with van der Waals surface area (Å²) in [7, 11) is 0. The van der Waals surface area contributed by atoms with Crippen molar-refractivity contribution in [2.24, 2.45) is 5.73 Å². The van der Waals surface area contributed by atoms with Crippen molar-refractivity contribution in [1.29, 1.82) is 0 Å². The molecule has 0 unspecified atom stereocenters. The van der Waals surface area contributed by atoms with Crippen molar-refractivity contribution in [3.63, 3.8) is 0 Å². The lowest BCUT2D eigenvalue weighted by Gasteiger charge is -2.15. The molecule has 20 heavy (non-hydrogen) atoms. The Hall–Kier alpha value is -1.40. The zero-order chi connectivity index (χ0) is 14.4. The zero-order valence-corrected chi connectivity index (χ0v) is 12.4. The number of rotatable bonds is 7. The number of aryl methyl sites for hydroxylation is 1. The average molecular weight is 295 g/mol. The molecule has 6 heteroatoms. The van der Waals surface area contributed by atoms with E-state index < -0.39 is 0 Å². The first-order valence-electron chi connectivity index (χ1n) is 7.00. The van der Waals surface area contributed by atoms with Crippen LogP contribution in [-0.2, 0) is 6.54 Å². The first-order valence-corrected chi connectivity index (χ1v) is 7.40. The Kier molecular flexibility index (Phi) is 5.55. The minimum Gasteiger partial charge on any atom is -0.487 e. The molecule has 0 radical (unpaired) electrons. The molecule has 0 atom stereocenters. The van der Waals surface area contributed by atoms with Crippen molar-refractivity contribution in [3.05, 3.63) is 28.7 Å². The van der Waals surface area contributed by atoms with E-state index in [1.54, 1.807) is 16.8 Å². The molecule has 2 heterocycles. The van der Waals surface area contributed by atoms with Crippen molar-refractivity contribution >= 4 is 17.2 Å². The third-order valence-corrected chi connectivity index (χ3v) is 3.65. The van der Waals surface area contributed by atoms with E-state index in [-0.39, 0.29) is 5.56 Å². The summed E-state index contributed by atoms with van der Waals surface area (Å²) >= 11 is 4.83. The Morgan fingerprint density at radius 2 is 2.10 bits per heavy atom. The van der Waals surface area contributed by atoms with Gasteiger partial charge in [-0.2, -0.15) is 0 Å². The van der Waals surface area contributed by atoms with Crippen molar-refractivity contribution in [2.45, 2.75) is 25.8 Å². The van der Waals surface area contributed by atoms with Gasteiger partial charge in [-0.3, -0.25) is 9.69 Å². The Labute approximate surface area is 124 Å². The Morgan fingerprint density at radius 3 is 2.80 bits per heavy atom. The van der Waals surface area contributed by atoms with E-state index in [9.17, 15) is 4.79 Å². The monoisotopic (exact) mass is 295 g/mol. The van der Waals surface area contributed by atoms with Crippen LogP contribution in [0.4, 0.5) is 0 Å². The fourth-order valence-corrected chi connectivity index (χ4v) is 2.41. The standard InChI is InChI=1S/C14H21N3O2S/c15-13(20)5-9-17-8-3-4-12(14(17)18)19-11-10-16-6-1-2-7-16/h3-4,8H,1-2,5-7,9-11H2,(H2,15,20). The molecule has 1 saturated heterocycles. The molecule has 110 valence electrons. The molecule has 0 aromatic carbocycles. The molecule has 2 rings (SSSR count). The van der Waals surface area contributed by atoms with E-state index in [1.165, 1.54) is 12.8 Å². The van der Waals surface area contributed by atoms with Crippen LogP contribution >= 0.6 is 12.2 Å². The molecule has 0 amide bonds. The van der Waals surface area contributed by atoms with Gasteiger partial charge in [0.05, 0.1) is 4.99 Å². The number of ether oxygens (including phenoxy) is 1. The fraction of sp³-hybridized carbons (Fsp3) is 0.571. The maximum absolute atomic E-state index is 12.1. The molecule has 1 aromatic heterocycles. The molecular formula is C14H21N3O2S. The number of hydrogen-bond acceptors (Lipinski definition) is 4. The van der Waals surface area contributed by atoms with E-state index in [2.05, 4.69) is 4.90 Å². The van der Waals surface area contributed by atoms with E-state index in [1.807, 2.05) is 6.07 Å². The molecule has 1 fully saturated rings. The fourth-order valence-electron chi connectivity index (χ4n) is 2.32. The van der Waals surface area contributed by atoms with E-state index in [0.29, 0.717) is 30.3 Å². The number of hydrogen-bond donors (Lipinski definition) is 1. The highest BCUT2D eigenvalue weighted by Gasteiger charge is 2.11. The molecule has 1 aromatic rings. The molecule has 1 aliphatic rings. The van der Waals surface area contributed by atoms with Crippen LogP contribution in [0.25, 0.3) is 0 Å². The normalized spacial score (nSPS) is 15.4. The lowest BCUT2D eigenvalue weighted by Crippen LogP contribution is -2.28. The quantitative estimate of drug-likeness (QED) is 0.761. The van der Waals surface area contributed by atoms with Crippen LogP contribution in [0.2, 0.25) is 0 Å². The highest BCUT2D eigenvalue weighted by Crippen LogP contribution is 2.07. The highest BCUT2D eigenvalue weighted by atomic mass is 32.1. The Bertz CT molecular complexity index is 509.